The first-order valence-corrected chi connectivity index (χ1v) is 2.48. The number of aldehydes is 1. The van der Waals surface area contributed by atoms with Crippen LogP contribution in [0, 0.1) is 0 Å². The van der Waals surface area contributed by atoms with Crippen molar-refractivity contribution >= 4 is 6.29 Å². The van der Waals surface area contributed by atoms with Crippen molar-refractivity contribution in [1.29, 1.82) is 0 Å². The molecule has 0 aliphatic carbocycles. The summed E-state index contributed by atoms with van der Waals surface area (Å²) in [5.74, 6) is -0.752. The molecular formula is C4H2F3N3O. The fourth-order valence-electron chi connectivity index (χ4n) is 0.520. The Labute approximate surface area is 58.6 Å². The van der Waals surface area contributed by atoms with Crippen molar-refractivity contribution in [1.82, 2.24) is 14.8 Å². The number of rotatable bonds is 1. The third-order valence-corrected chi connectivity index (χ3v) is 0.953. The van der Waals surface area contributed by atoms with Crippen LogP contribution in [0.4, 0.5) is 13.2 Å². The summed E-state index contributed by atoms with van der Waals surface area (Å²) in [6.45, 7) is 0. The molecule has 0 aliphatic heterocycles. The fraction of sp³-hybridized carbons (Fsp3) is 0.250. The third-order valence-electron chi connectivity index (χ3n) is 0.953. The number of hydrogen-bond acceptors (Lipinski definition) is 3. The van der Waals surface area contributed by atoms with Crippen LogP contribution in [0.25, 0.3) is 0 Å². The van der Waals surface area contributed by atoms with Crippen molar-refractivity contribution in [3.63, 3.8) is 0 Å². The van der Waals surface area contributed by atoms with Gasteiger partial charge in [-0.2, -0.15) is 0 Å². The van der Waals surface area contributed by atoms with Gasteiger partial charge in [0.2, 0.25) is 5.82 Å². The summed E-state index contributed by atoms with van der Waals surface area (Å²) in [5, 5.41) is 5.85. The minimum atomic E-state index is -4.63. The van der Waals surface area contributed by atoms with Crippen LogP contribution in [0.3, 0.4) is 0 Å². The molecule has 4 nitrogen and oxygen atoms in total. The molecule has 0 aliphatic rings. The largest absolute Gasteiger partial charge is 0.491 e. The molecule has 0 bridgehead atoms. The van der Waals surface area contributed by atoms with E-state index in [0.717, 1.165) is 0 Å². The van der Waals surface area contributed by atoms with E-state index in [0.29, 0.717) is 6.33 Å². The molecule has 1 rings (SSSR count). The molecule has 1 aromatic rings. The normalized spacial score (nSPS) is 11.5. The number of hydrogen-bond donors (Lipinski definition) is 0. The Balaban J connectivity index is 3.12. The lowest BCUT2D eigenvalue weighted by Gasteiger charge is -2.05. The maximum absolute atomic E-state index is 11.8. The maximum atomic E-state index is 11.8. The lowest BCUT2D eigenvalue weighted by molar-refractivity contribution is -0.204. The van der Waals surface area contributed by atoms with Gasteiger partial charge in [-0.05, 0) is 0 Å². The van der Waals surface area contributed by atoms with Gasteiger partial charge in [-0.3, -0.25) is 4.79 Å². The number of nitrogens with zero attached hydrogens (tertiary/aromatic N) is 3. The van der Waals surface area contributed by atoms with E-state index >= 15 is 0 Å². The first-order valence-electron chi connectivity index (χ1n) is 2.48. The Morgan fingerprint density at radius 1 is 1.55 bits per heavy atom. The quantitative estimate of drug-likeness (QED) is 0.571. The number of aromatic nitrogens is 3. The van der Waals surface area contributed by atoms with Crippen LogP contribution in [0.2, 0.25) is 0 Å². The van der Waals surface area contributed by atoms with Crippen molar-refractivity contribution in [2.45, 2.75) is 6.30 Å². The van der Waals surface area contributed by atoms with Crippen LogP contribution in [0.5, 0.6) is 0 Å². The summed E-state index contributed by atoms with van der Waals surface area (Å²) in [4.78, 5) is 9.91. The zero-order valence-electron chi connectivity index (χ0n) is 5.04. The van der Waals surface area contributed by atoms with Gasteiger partial charge in [-0.1, -0.05) is 0 Å². The number of carbonyl (C=O) groups is 1. The van der Waals surface area contributed by atoms with E-state index in [9.17, 15) is 18.0 Å². The molecule has 0 aromatic carbocycles. The van der Waals surface area contributed by atoms with E-state index in [1.54, 1.807) is 0 Å². The zero-order valence-corrected chi connectivity index (χ0v) is 5.04. The van der Waals surface area contributed by atoms with Gasteiger partial charge in [0, 0.05) is 0 Å². The standard InChI is InChI=1S/C4H2F3N3O/c5-4(6,7)10-2-8-9-3(10)1-11/h1-2H. The Kier molecular flexibility index (Phi) is 1.63. The van der Waals surface area contributed by atoms with Crippen LogP contribution in [0.1, 0.15) is 10.6 Å². The van der Waals surface area contributed by atoms with Crippen molar-refractivity contribution in [2.75, 3.05) is 0 Å². The second-order valence-corrected chi connectivity index (χ2v) is 1.64. The highest BCUT2D eigenvalue weighted by Gasteiger charge is 2.33. The van der Waals surface area contributed by atoms with Crippen molar-refractivity contribution in [2.24, 2.45) is 0 Å². The zero-order chi connectivity index (χ0) is 8.48. The molecule has 0 spiro atoms. The van der Waals surface area contributed by atoms with E-state index in [1.807, 2.05) is 0 Å². The number of alkyl halides is 3. The SMILES string of the molecule is O=Cc1nncn1C(F)(F)F. The molecule has 0 amide bonds. The molecule has 1 aromatic heterocycles. The summed E-state index contributed by atoms with van der Waals surface area (Å²) in [7, 11) is 0. The third kappa shape index (κ3) is 1.36. The molecule has 0 N–H and O–H groups in total. The van der Waals surface area contributed by atoms with E-state index < -0.39 is 12.1 Å². The molecule has 1 heterocycles. The molecule has 0 fully saturated rings. The number of halogens is 3. The average molecular weight is 165 g/mol. The van der Waals surface area contributed by atoms with Gasteiger partial charge >= 0.3 is 6.30 Å². The van der Waals surface area contributed by atoms with Crippen molar-refractivity contribution < 1.29 is 18.0 Å². The van der Waals surface area contributed by atoms with Crippen LogP contribution < -0.4 is 0 Å². The lowest BCUT2D eigenvalue weighted by atomic mass is 10.7. The Morgan fingerprint density at radius 3 is 2.55 bits per heavy atom. The Bertz CT molecular complexity index is 266. The van der Waals surface area contributed by atoms with Gasteiger partial charge in [0.15, 0.2) is 6.29 Å². The molecular weight excluding hydrogens is 163 g/mol. The topological polar surface area (TPSA) is 47.8 Å². The Hall–Kier alpha value is -1.40. The average Bonchev–Trinajstić information content (AvgIpc) is 2.31. The molecule has 0 atom stereocenters. The minimum absolute atomic E-state index is 0.0134. The molecule has 60 valence electrons. The molecule has 11 heavy (non-hydrogen) atoms. The smallest absolute Gasteiger partial charge is 0.294 e. The number of carbonyl (C=O) groups excluding carboxylic acids is 1. The van der Waals surface area contributed by atoms with Gasteiger partial charge in [-0.25, -0.2) is 4.57 Å². The lowest BCUT2D eigenvalue weighted by Crippen LogP contribution is -2.18. The van der Waals surface area contributed by atoms with Crippen molar-refractivity contribution in [3.05, 3.63) is 12.2 Å². The first-order chi connectivity index (χ1) is 5.05. The summed E-state index contributed by atoms with van der Waals surface area (Å²) in [6.07, 6.45) is -4.20. The first kappa shape index (κ1) is 7.70. The summed E-state index contributed by atoms with van der Waals surface area (Å²) in [5.41, 5.74) is 0. The van der Waals surface area contributed by atoms with Gasteiger partial charge in [0.1, 0.15) is 6.33 Å². The molecule has 0 radical (unpaired) electrons. The van der Waals surface area contributed by atoms with E-state index in [-0.39, 0.29) is 10.9 Å². The summed E-state index contributed by atoms with van der Waals surface area (Å²) >= 11 is 0. The predicted molar refractivity (Wildman–Crippen MR) is 26.7 cm³/mol. The summed E-state index contributed by atoms with van der Waals surface area (Å²) < 4.78 is 35.1. The highest BCUT2D eigenvalue weighted by molar-refractivity contribution is 5.68. The summed E-state index contributed by atoms with van der Waals surface area (Å²) in [6, 6.07) is 0. The van der Waals surface area contributed by atoms with Gasteiger partial charge < -0.3 is 0 Å². The van der Waals surface area contributed by atoms with Crippen LogP contribution >= 0.6 is 0 Å². The van der Waals surface area contributed by atoms with Crippen LogP contribution in [-0.2, 0) is 6.30 Å². The van der Waals surface area contributed by atoms with Gasteiger partial charge in [-0.15, -0.1) is 23.4 Å². The second kappa shape index (κ2) is 2.33. The molecule has 0 saturated heterocycles. The molecule has 7 heteroatoms. The van der Waals surface area contributed by atoms with E-state index in [4.69, 9.17) is 0 Å². The highest BCUT2D eigenvalue weighted by Crippen LogP contribution is 2.21. The molecule has 0 unspecified atom stereocenters. The second-order valence-electron chi connectivity index (χ2n) is 1.64. The van der Waals surface area contributed by atoms with Gasteiger partial charge in [0.25, 0.3) is 0 Å². The highest BCUT2D eigenvalue weighted by atomic mass is 19.4. The van der Waals surface area contributed by atoms with Crippen molar-refractivity contribution in [3.8, 4) is 0 Å². The van der Waals surface area contributed by atoms with Crippen LogP contribution in [0.15, 0.2) is 6.33 Å². The van der Waals surface area contributed by atoms with Gasteiger partial charge in [0.05, 0.1) is 0 Å². The van der Waals surface area contributed by atoms with Crippen LogP contribution in [-0.4, -0.2) is 21.1 Å². The Morgan fingerprint density at radius 2 is 2.18 bits per heavy atom. The minimum Gasteiger partial charge on any atom is -0.294 e. The fourth-order valence-corrected chi connectivity index (χ4v) is 0.520. The monoisotopic (exact) mass is 165 g/mol. The maximum Gasteiger partial charge on any atom is 0.491 e. The molecule has 0 saturated carbocycles. The van der Waals surface area contributed by atoms with E-state index in [1.165, 1.54) is 0 Å². The predicted octanol–water partition coefficient (Wildman–Crippen LogP) is 0.567. The van der Waals surface area contributed by atoms with E-state index in [2.05, 4.69) is 10.2 Å².